The molecular formula is C15H18FN5O. The van der Waals surface area contributed by atoms with Gasteiger partial charge in [0.25, 0.3) is 0 Å². The Hall–Kier alpha value is -2.28. The van der Waals surface area contributed by atoms with Gasteiger partial charge in [0.05, 0.1) is 13.3 Å². The van der Waals surface area contributed by atoms with E-state index in [4.69, 9.17) is 4.74 Å². The highest BCUT2D eigenvalue weighted by Gasteiger charge is 2.20. The molecule has 0 bridgehead atoms. The summed E-state index contributed by atoms with van der Waals surface area (Å²) in [6, 6.07) is 3.46. The van der Waals surface area contributed by atoms with Crippen LogP contribution in [-0.2, 0) is 6.54 Å². The maximum absolute atomic E-state index is 13.6. The predicted octanol–water partition coefficient (Wildman–Crippen LogP) is 1.34. The number of ether oxygens (including phenoxy) is 1. The van der Waals surface area contributed by atoms with Crippen LogP contribution in [0.2, 0.25) is 0 Å². The van der Waals surface area contributed by atoms with Crippen molar-refractivity contribution >= 4 is 5.95 Å². The molecule has 2 aromatic rings. The number of halogens is 1. The standard InChI is InChI=1S/C15H18FN5O/c1-22-14-3-5-18-15(19-14)21-8-6-20(7-9-21)11-12-2-4-17-10-13(12)16/h2-5,10H,6-9,11H2,1H3. The SMILES string of the molecule is COc1ccnc(N2CCN(Cc3ccncc3F)CC2)n1. The van der Waals surface area contributed by atoms with Gasteiger partial charge in [-0.15, -0.1) is 0 Å². The molecule has 3 rings (SSSR count). The molecule has 0 aromatic carbocycles. The third-order valence-corrected chi connectivity index (χ3v) is 3.73. The molecule has 0 amide bonds. The number of aromatic nitrogens is 3. The van der Waals surface area contributed by atoms with E-state index in [-0.39, 0.29) is 5.82 Å². The van der Waals surface area contributed by atoms with E-state index in [1.165, 1.54) is 6.20 Å². The second-order valence-corrected chi connectivity index (χ2v) is 5.13. The molecule has 0 spiro atoms. The predicted molar refractivity (Wildman–Crippen MR) is 80.3 cm³/mol. The summed E-state index contributed by atoms with van der Waals surface area (Å²) in [6.07, 6.45) is 4.58. The van der Waals surface area contributed by atoms with Gasteiger partial charge in [-0.05, 0) is 6.07 Å². The van der Waals surface area contributed by atoms with Gasteiger partial charge in [0.1, 0.15) is 5.82 Å². The second kappa shape index (κ2) is 6.65. The first-order chi connectivity index (χ1) is 10.8. The number of pyridine rings is 1. The van der Waals surface area contributed by atoms with Crippen molar-refractivity contribution in [3.63, 3.8) is 0 Å². The molecule has 3 heterocycles. The lowest BCUT2D eigenvalue weighted by molar-refractivity contribution is 0.245. The Balaban J connectivity index is 1.59. The summed E-state index contributed by atoms with van der Waals surface area (Å²) in [4.78, 5) is 16.7. The minimum Gasteiger partial charge on any atom is -0.481 e. The summed E-state index contributed by atoms with van der Waals surface area (Å²) in [6.45, 7) is 3.88. The fraction of sp³-hybridized carbons (Fsp3) is 0.400. The first kappa shape index (κ1) is 14.6. The number of methoxy groups -OCH3 is 1. The van der Waals surface area contributed by atoms with Crippen LogP contribution >= 0.6 is 0 Å². The second-order valence-electron chi connectivity index (χ2n) is 5.13. The topological polar surface area (TPSA) is 54.4 Å². The molecule has 0 aliphatic carbocycles. The Bertz CT molecular complexity index is 631. The van der Waals surface area contributed by atoms with Crippen molar-refractivity contribution in [2.24, 2.45) is 0 Å². The molecule has 0 unspecified atom stereocenters. The molecule has 22 heavy (non-hydrogen) atoms. The zero-order chi connectivity index (χ0) is 15.4. The Morgan fingerprint density at radius 1 is 1.18 bits per heavy atom. The fourth-order valence-electron chi connectivity index (χ4n) is 2.48. The Morgan fingerprint density at radius 2 is 2.00 bits per heavy atom. The van der Waals surface area contributed by atoms with Crippen molar-refractivity contribution in [3.05, 3.63) is 42.1 Å². The van der Waals surface area contributed by atoms with E-state index in [2.05, 4.69) is 24.8 Å². The van der Waals surface area contributed by atoms with Gasteiger partial charge in [-0.3, -0.25) is 9.88 Å². The van der Waals surface area contributed by atoms with Crippen molar-refractivity contribution in [3.8, 4) is 5.88 Å². The zero-order valence-electron chi connectivity index (χ0n) is 12.4. The van der Waals surface area contributed by atoms with Crippen LogP contribution in [0.4, 0.5) is 10.3 Å². The molecule has 7 heteroatoms. The molecule has 0 radical (unpaired) electrons. The number of nitrogens with zero attached hydrogens (tertiary/aromatic N) is 5. The van der Waals surface area contributed by atoms with Crippen LogP contribution in [0.25, 0.3) is 0 Å². The van der Waals surface area contributed by atoms with Crippen LogP contribution in [0.15, 0.2) is 30.7 Å². The van der Waals surface area contributed by atoms with E-state index in [1.807, 2.05) is 0 Å². The zero-order valence-corrected chi connectivity index (χ0v) is 12.4. The van der Waals surface area contributed by atoms with Crippen molar-refractivity contribution < 1.29 is 9.13 Å². The highest BCUT2D eigenvalue weighted by atomic mass is 19.1. The minimum atomic E-state index is -0.249. The molecular weight excluding hydrogens is 285 g/mol. The lowest BCUT2D eigenvalue weighted by atomic mass is 10.2. The maximum Gasteiger partial charge on any atom is 0.228 e. The van der Waals surface area contributed by atoms with Crippen LogP contribution in [0.5, 0.6) is 5.88 Å². The number of anilines is 1. The Kier molecular flexibility index (Phi) is 4.43. The molecule has 116 valence electrons. The van der Waals surface area contributed by atoms with E-state index >= 15 is 0 Å². The average molecular weight is 303 g/mol. The third kappa shape index (κ3) is 3.30. The van der Waals surface area contributed by atoms with Gasteiger partial charge in [0.2, 0.25) is 11.8 Å². The smallest absolute Gasteiger partial charge is 0.228 e. The number of hydrogen-bond donors (Lipinski definition) is 0. The first-order valence-corrected chi connectivity index (χ1v) is 7.19. The maximum atomic E-state index is 13.6. The van der Waals surface area contributed by atoms with Gasteiger partial charge in [-0.2, -0.15) is 4.98 Å². The molecule has 2 aromatic heterocycles. The number of piperazine rings is 1. The summed E-state index contributed by atoms with van der Waals surface area (Å²) in [5, 5.41) is 0. The molecule has 1 aliphatic heterocycles. The largest absolute Gasteiger partial charge is 0.481 e. The normalized spacial score (nSPS) is 15.8. The Labute approximate surface area is 128 Å². The summed E-state index contributed by atoms with van der Waals surface area (Å²) in [5.41, 5.74) is 0.682. The van der Waals surface area contributed by atoms with Crippen LogP contribution in [0, 0.1) is 5.82 Å². The van der Waals surface area contributed by atoms with Gasteiger partial charge in [-0.1, -0.05) is 0 Å². The molecule has 1 fully saturated rings. The van der Waals surface area contributed by atoms with Crippen molar-refractivity contribution in [2.75, 3.05) is 38.2 Å². The molecule has 1 aliphatic rings. The summed E-state index contributed by atoms with van der Waals surface area (Å²) in [7, 11) is 1.59. The van der Waals surface area contributed by atoms with Crippen molar-refractivity contribution in [1.82, 2.24) is 19.9 Å². The van der Waals surface area contributed by atoms with E-state index in [0.717, 1.165) is 26.2 Å². The van der Waals surface area contributed by atoms with E-state index in [1.54, 1.807) is 31.6 Å². The molecule has 0 atom stereocenters. The average Bonchev–Trinajstić information content (AvgIpc) is 2.58. The molecule has 0 saturated carbocycles. The summed E-state index contributed by atoms with van der Waals surface area (Å²) < 4.78 is 18.8. The van der Waals surface area contributed by atoms with E-state index in [0.29, 0.717) is 23.9 Å². The Morgan fingerprint density at radius 3 is 2.73 bits per heavy atom. The van der Waals surface area contributed by atoms with E-state index in [9.17, 15) is 4.39 Å². The van der Waals surface area contributed by atoms with Crippen LogP contribution in [0.3, 0.4) is 0 Å². The van der Waals surface area contributed by atoms with Crippen LogP contribution in [-0.4, -0.2) is 53.1 Å². The highest BCUT2D eigenvalue weighted by Crippen LogP contribution is 2.16. The lowest BCUT2D eigenvalue weighted by Gasteiger charge is -2.34. The van der Waals surface area contributed by atoms with Gasteiger partial charge >= 0.3 is 0 Å². The lowest BCUT2D eigenvalue weighted by Crippen LogP contribution is -2.46. The highest BCUT2D eigenvalue weighted by molar-refractivity contribution is 5.32. The van der Waals surface area contributed by atoms with Crippen LogP contribution in [0.1, 0.15) is 5.56 Å². The van der Waals surface area contributed by atoms with Gasteiger partial charge in [0.15, 0.2) is 0 Å². The molecule has 1 saturated heterocycles. The third-order valence-electron chi connectivity index (χ3n) is 3.73. The van der Waals surface area contributed by atoms with Crippen LogP contribution < -0.4 is 9.64 Å². The summed E-state index contributed by atoms with van der Waals surface area (Å²) >= 11 is 0. The quantitative estimate of drug-likeness (QED) is 0.849. The van der Waals surface area contributed by atoms with Crippen molar-refractivity contribution in [1.29, 1.82) is 0 Å². The number of hydrogen-bond acceptors (Lipinski definition) is 6. The van der Waals surface area contributed by atoms with E-state index < -0.39 is 0 Å². The summed E-state index contributed by atoms with van der Waals surface area (Å²) in [5.74, 6) is 0.987. The van der Waals surface area contributed by atoms with Crippen molar-refractivity contribution in [2.45, 2.75) is 6.54 Å². The first-order valence-electron chi connectivity index (χ1n) is 7.19. The minimum absolute atomic E-state index is 0.249. The number of rotatable bonds is 4. The van der Waals surface area contributed by atoms with Gasteiger partial charge in [-0.25, -0.2) is 9.37 Å². The molecule has 0 N–H and O–H groups in total. The molecule has 6 nitrogen and oxygen atoms in total. The van der Waals surface area contributed by atoms with Gasteiger partial charge in [0, 0.05) is 56.7 Å². The fourth-order valence-corrected chi connectivity index (χ4v) is 2.48. The monoisotopic (exact) mass is 303 g/mol. The van der Waals surface area contributed by atoms with Gasteiger partial charge < -0.3 is 9.64 Å².